The second kappa shape index (κ2) is 3.98. The Morgan fingerprint density at radius 1 is 1.83 bits per heavy atom. The molecule has 62 valence electrons. The number of aromatic nitrogens is 1. The van der Waals surface area contributed by atoms with E-state index in [9.17, 15) is 4.79 Å². The standard InChI is InChI=1S/C8H8N2OS/c1-2-12-8(11)6-3-7(4-9)10-5-6/h3,5,10H,2H2,1H3. The van der Waals surface area contributed by atoms with E-state index in [4.69, 9.17) is 5.26 Å². The van der Waals surface area contributed by atoms with Crippen LogP contribution in [-0.4, -0.2) is 15.9 Å². The van der Waals surface area contributed by atoms with Crippen LogP contribution in [0.4, 0.5) is 0 Å². The minimum atomic E-state index is 0.00949. The Morgan fingerprint density at radius 2 is 2.58 bits per heavy atom. The van der Waals surface area contributed by atoms with Gasteiger partial charge in [-0.1, -0.05) is 18.7 Å². The third kappa shape index (κ3) is 1.89. The first-order valence-electron chi connectivity index (χ1n) is 3.53. The Morgan fingerprint density at radius 3 is 3.08 bits per heavy atom. The van der Waals surface area contributed by atoms with Crippen molar-refractivity contribution in [1.29, 1.82) is 5.26 Å². The van der Waals surface area contributed by atoms with Crippen LogP contribution < -0.4 is 0 Å². The molecule has 1 N–H and O–H groups in total. The molecule has 0 aliphatic heterocycles. The zero-order valence-electron chi connectivity index (χ0n) is 6.63. The summed E-state index contributed by atoms with van der Waals surface area (Å²) in [4.78, 5) is 13.9. The van der Waals surface area contributed by atoms with E-state index >= 15 is 0 Å². The molecule has 4 heteroatoms. The number of hydrogen-bond acceptors (Lipinski definition) is 3. The zero-order chi connectivity index (χ0) is 8.97. The van der Waals surface area contributed by atoms with Crippen molar-refractivity contribution in [2.24, 2.45) is 0 Å². The lowest BCUT2D eigenvalue weighted by atomic mass is 10.3. The largest absolute Gasteiger partial charge is 0.352 e. The highest BCUT2D eigenvalue weighted by atomic mass is 32.2. The summed E-state index contributed by atoms with van der Waals surface area (Å²) in [5.74, 6) is 0.756. The maximum atomic E-state index is 11.2. The number of carbonyl (C=O) groups is 1. The molecule has 0 spiro atoms. The van der Waals surface area contributed by atoms with Gasteiger partial charge in [-0.3, -0.25) is 4.79 Å². The number of carbonyl (C=O) groups excluding carboxylic acids is 1. The fraction of sp³-hybridized carbons (Fsp3) is 0.250. The van der Waals surface area contributed by atoms with Gasteiger partial charge < -0.3 is 4.98 Å². The van der Waals surface area contributed by atoms with Crippen LogP contribution in [0.25, 0.3) is 0 Å². The maximum absolute atomic E-state index is 11.2. The molecule has 1 heterocycles. The molecule has 0 bridgehead atoms. The van der Waals surface area contributed by atoms with Crippen molar-refractivity contribution >= 4 is 16.9 Å². The van der Waals surface area contributed by atoms with Crippen LogP contribution in [0.5, 0.6) is 0 Å². The van der Waals surface area contributed by atoms with E-state index < -0.39 is 0 Å². The lowest BCUT2D eigenvalue weighted by Gasteiger charge is -1.90. The summed E-state index contributed by atoms with van der Waals surface area (Å²) in [6.45, 7) is 1.92. The second-order valence-electron chi connectivity index (χ2n) is 2.13. The molecule has 0 aliphatic rings. The van der Waals surface area contributed by atoms with Gasteiger partial charge in [0.1, 0.15) is 11.8 Å². The summed E-state index contributed by atoms with van der Waals surface area (Å²) in [5.41, 5.74) is 0.994. The van der Waals surface area contributed by atoms with Crippen molar-refractivity contribution in [2.75, 3.05) is 5.75 Å². The summed E-state index contributed by atoms with van der Waals surface area (Å²) in [5, 5.41) is 8.47. The van der Waals surface area contributed by atoms with Gasteiger partial charge in [-0.25, -0.2) is 0 Å². The van der Waals surface area contributed by atoms with Crippen molar-refractivity contribution < 1.29 is 4.79 Å². The average molecular weight is 180 g/mol. The molecule has 0 aliphatic carbocycles. The Labute approximate surface area is 74.8 Å². The van der Waals surface area contributed by atoms with Crippen molar-refractivity contribution in [3.63, 3.8) is 0 Å². The predicted octanol–water partition coefficient (Wildman–Crippen LogP) is 1.78. The van der Waals surface area contributed by atoms with Crippen LogP contribution in [0.3, 0.4) is 0 Å². The van der Waals surface area contributed by atoms with E-state index in [-0.39, 0.29) is 5.12 Å². The normalized spacial score (nSPS) is 9.33. The highest BCUT2D eigenvalue weighted by molar-refractivity contribution is 8.14. The van der Waals surface area contributed by atoms with Gasteiger partial charge in [0, 0.05) is 11.8 Å². The highest BCUT2D eigenvalue weighted by Gasteiger charge is 2.06. The third-order valence-electron chi connectivity index (χ3n) is 1.31. The molecular formula is C8H8N2OS. The first kappa shape index (κ1) is 8.88. The van der Waals surface area contributed by atoms with Gasteiger partial charge in [0.2, 0.25) is 5.12 Å². The molecule has 0 amide bonds. The maximum Gasteiger partial charge on any atom is 0.220 e. The minimum absolute atomic E-state index is 0.00949. The van der Waals surface area contributed by atoms with Crippen LogP contribution in [0.2, 0.25) is 0 Å². The number of aromatic amines is 1. The first-order valence-corrected chi connectivity index (χ1v) is 4.52. The number of H-pyrrole nitrogens is 1. The molecule has 1 aromatic heterocycles. The topological polar surface area (TPSA) is 56.6 Å². The van der Waals surface area contributed by atoms with E-state index in [1.165, 1.54) is 11.8 Å². The summed E-state index contributed by atoms with van der Waals surface area (Å²) in [6, 6.07) is 3.49. The van der Waals surface area contributed by atoms with Gasteiger partial charge in [0.25, 0.3) is 0 Å². The number of thioether (sulfide) groups is 1. The van der Waals surface area contributed by atoms with E-state index in [1.54, 1.807) is 12.3 Å². The second-order valence-corrected chi connectivity index (χ2v) is 3.37. The summed E-state index contributed by atoms with van der Waals surface area (Å²) in [6.07, 6.45) is 1.56. The molecule has 1 rings (SSSR count). The number of nitriles is 1. The third-order valence-corrected chi connectivity index (χ3v) is 2.10. The lowest BCUT2D eigenvalue weighted by Crippen LogP contribution is -1.89. The quantitative estimate of drug-likeness (QED) is 0.754. The monoisotopic (exact) mass is 180 g/mol. The SMILES string of the molecule is CCSC(=O)c1c[nH]c(C#N)c1. The van der Waals surface area contributed by atoms with E-state index in [0.717, 1.165) is 5.75 Å². The van der Waals surface area contributed by atoms with Crippen molar-refractivity contribution in [1.82, 2.24) is 4.98 Å². The van der Waals surface area contributed by atoms with Gasteiger partial charge in [-0.15, -0.1) is 0 Å². The lowest BCUT2D eigenvalue weighted by molar-refractivity contribution is 0.108. The molecule has 1 aromatic rings. The average Bonchev–Trinajstić information content (AvgIpc) is 2.52. The number of nitrogens with one attached hydrogen (secondary N) is 1. The highest BCUT2D eigenvalue weighted by Crippen LogP contribution is 2.12. The van der Waals surface area contributed by atoms with Crippen molar-refractivity contribution in [2.45, 2.75) is 6.92 Å². The Hall–Kier alpha value is -1.21. The number of nitrogens with zero attached hydrogens (tertiary/aromatic N) is 1. The molecule has 0 unspecified atom stereocenters. The molecule has 0 saturated carbocycles. The van der Waals surface area contributed by atoms with Gasteiger partial charge >= 0.3 is 0 Å². The molecule has 0 atom stereocenters. The van der Waals surface area contributed by atoms with Gasteiger partial charge in [-0.2, -0.15) is 5.26 Å². The van der Waals surface area contributed by atoms with Crippen molar-refractivity contribution in [3.05, 3.63) is 23.5 Å². The van der Waals surface area contributed by atoms with Crippen LogP contribution in [0.1, 0.15) is 23.0 Å². The van der Waals surface area contributed by atoms with E-state index in [2.05, 4.69) is 4.98 Å². The number of hydrogen-bond donors (Lipinski definition) is 1. The van der Waals surface area contributed by atoms with Gasteiger partial charge in [0.15, 0.2) is 0 Å². The van der Waals surface area contributed by atoms with E-state index in [0.29, 0.717) is 11.3 Å². The summed E-state index contributed by atoms with van der Waals surface area (Å²) in [7, 11) is 0. The fourth-order valence-corrected chi connectivity index (χ4v) is 1.34. The molecule has 0 fully saturated rings. The van der Waals surface area contributed by atoms with Crippen molar-refractivity contribution in [3.8, 4) is 6.07 Å². The smallest absolute Gasteiger partial charge is 0.220 e. The molecule has 0 aromatic carbocycles. The number of rotatable bonds is 2. The zero-order valence-corrected chi connectivity index (χ0v) is 7.44. The molecule has 0 radical (unpaired) electrons. The molecule has 3 nitrogen and oxygen atoms in total. The Bertz CT molecular complexity index is 324. The van der Waals surface area contributed by atoms with Crippen LogP contribution in [0, 0.1) is 11.3 Å². The fourth-order valence-electron chi connectivity index (χ4n) is 0.791. The summed E-state index contributed by atoms with van der Waals surface area (Å²) >= 11 is 1.24. The van der Waals surface area contributed by atoms with Gasteiger partial charge in [0.05, 0.1) is 0 Å². The van der Waals surface area contributed by atoms with Crippen LogP contribution in [-0.2, 0) is 0 Å². The minimum Gasteiger partial charge on any atom is -0.352 e. The van der Waals surface area contributed by atoms with Gasteiger partial charge in [-0.05, 0) is 11.8 Å². The predicted molar refractivity (Wildman–Crippen MR) is 48.0 cm³/mol. The van der Waals surface area contributed by atoms with Crippen LogP contribution >= 0.6 is 11.8 Å². The Balaban J connectivity index is 2.76. The van der Waals surface area contributed by atoms with E-state index in [1.807, 2.05) is 13.0 Å². The first-order chi connectivity index (χ1) is 5.77. The molecule has 12 heavy (non-hydrogen) atoms. The molecule has 0 saturated heterocycles. The Kier molecular flexibility index (Phi) is 2.94. The van der Waals surface area contributed by atoms with Crippen LogP contribution in [0.15, 0.2) is 12.3 Å². The summed E-state index contributed by atoms with van der Waals surface area (Å²) < 4.78 is 0. The molecular weight excluding hydrogens is 172 g/mol.